The second-order valence-corrected chi connectivity index (χ2v) is 6.40. The van der Waals surface area contributed by atoms with Crippen LogP contribution in [0, 0.1) is 33.7 Å². The van der Waals surface area contributed by atoms with Gasteiger partial charge in [-0.05, 0) is 0 Å². The fourth-order valence-electron chi connectivity index (χ4n) is 1.54. The van der Waals surface area contributed by atoms with Gasteiger partial charge in [-0.1, -0.05) is 0 Å². The Balaban J connectivity index is 3.98. The van der Waals surface area contributed by atoms with Crippen molar-refractivity contribution in [2.45, 2.75) is 49.1 Å². The van der Waals surface area contributed by atoms with Gasteiger partial charge in [0.1, 0.15) is 0 Å². The Morgan fingerprint density at radius 3 is 1.20 bits per heavy atom. The standard InChI is InChI=1S/C8H18N.La/c1-6-9(7(2)3)8(4)5;/h6-8H,1-5H3;. The molecule has 0 bridgehead atoms. The zero-order valence-corrected chi connectivity index (χ0v) is 11.4. The molecule has 0 saturated carbocycles. The van der Waals surface area contributed by atoms with Crippen molar-refractivity contribution >= 4 is 0 Å². The Hall–Kier alpha value is 1.15. The van der Waals surface area contributed by atoms with E-state index >= 15 is 0 Å². The summed E-state index contributed by atoms with van der Waals surface area (Å²) in [4.78, 5) is 2.57. The van der Waals surface area contributed by atoms with Gasteiger partial charge in [-0.25, -0.2) is 0 Å². The predicted molar refractivity (Wildman–Crippen MR) is 41.6 cm³/mol. The van der Waals surface area contributed by atoms with Crippen LogP contribution in [0.3, 0.4) is 0 Å². The minimum atomic E-state index is 0.708. The molecule has 0 amide bonds. The van der Waals surface area contributed by atoms with Crippen molar-refractivity contribution in [3.05, 3.63) is 0 Å². The SMILES string of the molecule is CC(C)N(C(C)C)[CH](C)[La]. The molecule has 1 atom stereocenters. The molecule has 0 aliphatic carbocycles. The summed E-state index contributed by atoms with van der Waals surface area (Å²) in [5, 5.41) is 0. The average Bonchev–Trinajstić information content (AvgIpc) is 1.59. The van der Waals surface area contributed by atoms with Crippen molar-refractivity contribution < 1.29 is 33.7 Å². The van der Waals surface area contributed by atoms with Crippen LogP contribution in [0.25, 0.3) is 0 Å². The molecular weight excluding hydrogens is 249 g/mol. The molecule has 0 aliphatic rings. The van der Waals surface area contributed by atoms with E-state index in [0.29, 0.717) is 12.1 Å². The van der Waals surface area contributed by atoms with E-state index in [4.69, 9.17) is 0 Å². The molecule has 0 aromatic heterocycles. The van der Waals surface area contributed by atoms with Crippen LogP contribution in [-0.4, -0.2) is 19.4 Å². The molecule has 0 rings (SSSR count). The van der Waals surface area contributed by atoms with Gasteiger partial charge in [-0.3, -0.25) is 0 Å². The summed E-state index contributed by atoms with van der Waals surface area (Å²) in [6.07, 6.45) is 0. The van der Waals surface area contributed by atoms with Gasteiger partial charge in [-0.15, -0.1) is 0 Å². The molecule has 1 unspecified atom stereocenters. The predicted octanol–water partition coefficient (Wildman–Crippen LogP) is 2.00. The normalized spacial score (nSPS) is 15.1. The molecule has 0 aromatic rings. The van der Waals surface area contributed by atoms with Gasteiger partial charge in [0.25, 0.3) is 0 Å². The number of rotatable bonds is 3. The Morgan fingerprint density at radius 2 is 1.20 bits per heavy atom. The first kappa shape index (κ1) is 11.2. The van der Waals surface area contributed by atoms with Gasteiger partial charge in [0, 0.05) is 0 Å². The summed E-state index contributed by atoms with van der Waals surface area (Å²) in [6.45, 7) is 11.4. The molecule has 58 valence electrons. The van der Waals surface area contributed by atoms with E-state index in [1.165, 1.54) is 0 Å². The Labute approximate surface area is 87.2 Å². The summed E-state index contributed by atoms with van der Waals surface area (Å²) >= 11 is 1.08. The van der Waals surface area contributed by atoms with E-state index in [0.717, 1.165) is 36.2 Å². The third-order valence-electron chi connectivity index (χ3n) is 1.66. The second kappa shape index (κ2) is 4.92. The van der Waals surface area contributed by atoms with Crippen molar-refractivity contribution in [2.75, 3.05) is 0 Å². The molecule has 0 heterocycles. The van der Waals surface area contributed by atoms with Gasteiger partial charge in [0.15, 0.2) is 0 Å². The van der Waals surface area contributed by atoms with Gasteiger partial charge in [0.05, 0.1) is 0 Å². The van der Waals surface area contributed by atoms with E-state index in [9.17, 15) is 0 Å². The molecule has 0 aromatic carbocycles. The maximum absolute atomic E-state index is 2.57. The van der Waals surface area contributed by atoms with Gasteiger partial charge < -0.3 is 0 Å². The van der Waals surface area contributed by atoms with Gasteiger partial charge >= 0.3 is 87.8 Å². The summed E-state index contributed by atoms with van der Waals surface area (Å²) in [7, 11) is 0. The fraction of sp³-hybridized carbons (Fsp3) is 1.00. The van der Waals surface area contributed by atoms with Crippen LogP contribution in [-0.2, 0) is 0 Å². The molecule has 0 N–H and O–H groups in total. The van der Waals surface area contributed by atoms with Crippen LogP contribution in [0.1, 0.15) is 34.6 Å². The molecule has 10 heavy (non-hydrogen) atoms. The molecule has 0 radical (unpaired) electrons. The van der Waals surface area contributed by atoms with E-state index < -0.39 is 0 Å². The average molecular weight is 267 g/mol. The first-order valence-electron chi connectivity index (χ1n) is 3.99. The van der Waals surface area contributed by atoms with Crippen molar-refractivity contribution in [2.24, 2.45) is 0 Å². The topological polar surface area (TPSA) is 3.24 Å². The Bertz CT molecular complexity index is 70.2. The van der Waals surface area contributed by atoms with E-state index in [1.54, 1.807) is 0 Å². The zero-order chi connectivity index (χ0) is 8.31. The molecule has 0 fully saturated rings. The van der Waals surface area contributed by atoms with Crippen LogP contribution in [0.5, 0.6) is 0 Å². The van der Waals surface area contributed by atoms with Crippen LogP contribution in [0.15, 0.2) is 0 Å². The number of hydrogen-bond donors (Lipinski definition) is 0. The van der Waals surface area contributed by atoms with Gasteiger partial charge in [0.2, 0.25) is 0 Å². The summed E-state index contributed by atoms with van der Waals surface area (Å²) in [6, 6.07) is 1.42. The van der Waals surface area contributed by atoms with Crippen LogP contribution in [0.4, 0.5) is 0 Å². The van der Waals surface area contributed by atoms with Crippen LogP contribution >= 0.6 is 0 Å². The second-order valence-electron chi connectivity index (χ2n) is 3.38. The first-order valence-corrected chi connectivity index (χ1v) is 6.09. The van der Waals surface area contributed by atoms with Crippen molar-refractivity contribution in [1.82, 2.24) is 4.90 Å². The zero-order valence-electron chi connectivity index (χ0n) is 7.76. The molecule has 2 heteroatoms. The Kier molecular flexibility index (Phi) is 5.49. The van der Waals surface area contributed by atoms with Crippen LogP contribution in [0.2, 0.25) is 0 Å². The monoisotopic (exact) mass is 267 g/mol. The van der Waals surface area contributed by atoms with E-state index in [2.05, 4.69) is 39.5 Å². The molecule has 0 saturated heterocycles. The fourth-order valence-corrected chi connectivity index (χ4v) is 3.70. The minimum absolute atomic E-state index is 0.708. The summed E-state index contributed by atoms with van der Waals surface area (Å²) in [5.74, 6) is 0. The summed E-state index contributed by atoms with van der Waals surface area (Å²) < 4.78 is 0.833. The quantitative estimate of drug-likeness (QED) is 0.756. The third kappa shape index (κ3) is 3.52. The molecule has 1 nitrogen and oxygen atoms in total. The van der Waals surface area contributed by atoms with Gasteiger partial charge in [-0.2, -0.15) is 0 Å². The van der Waals surface area contributed by atoms with Crippen molar-refractivity contribution in [1.29, 1.82) is 0 Å². The number of nitrogens with zero attached hydrogens (tertiary/aromatic N) is 1. The van der Waals surface area contributed by atoms with E-state index in [-0.39, 0.29) is 0 Å². The van der Waals surface area contributed by atoms with Crippen LogP contribution < -0.4 is 0 Å². The molecule has 0 spiro atoms. The van der Waals surface area contributed by atoms with E-state index in [1.807, 2.05) is 0 Å². The third-order valence-corrected chi connectivity index (χ3v) is 2.74. The molecule has 0 aliphatic heterocycles. The maximum atomic E-state index is 2.57. The summed E-state index contributed by atoms with van der Waals surface area (Å²) in [5.41, 5.74) is 0. The molecular formula is C8H18LaN. The Morgan fingerprint density at radius 1 is 0.900 bits per heavy atom. The van der Waals surface area contributed by atoms with Crippen molar-refractivity contribution in [3.63, 3.8) is 0 Å². The number of hydrogen-bond acceptors (Lipinski definition) is 1. The first-order chi connectivity index (χ1) is 4.46. The van der Waals surface area contributed by atoms with Crippen molar-refractivity contribution in [3.8, 4) is 0 Å².